The van der Waals surface area contributed by atoms with Crippen LogP contribution in [-0.4, -0.2) is 37.1 Å². The average Bonchev–Trinajstić information content (AvgIpc) is 2.72. The Labute approximate surface area is 173 Å². The van der Waals surface area contributed by atoms with Gasteiger partial charge in [-0.1, -0.05) is 18.2 Å². The lowest BCUT2D eigenvalue weighted by molar-refractivity contribution is -0.138. The lowest BCUT2D eigenvalue weighted by Crippen LogP contribution is -2.58. The molecule has 0 aliphatic carbocycles. The van der Waals surface area contributed by atoms with Gasteiger partial charge in [0.15, 0.2) is 5.92 Å². The highest BCUT2D eigenvalue weighted by Crippen LogP contribution is 2.32. The number of esters is 1. The van der Waals surface area contributed by atoms with Gasteiger partial charge in [-0.15, -0.1) is 0 Å². The minimum Gasteiger partial charge on any atom is -0.465 e. The van der Waals surface area contributed by atoms with E-state index in [1.807, 2.05) is 5.32 Å². The topological polar surface area (TPSA) is 105 Å². The maximum absolute atomic E-state index is 13.0. The zero-order valence-corrected chi connectivity index (χ0v) is 15.8. The van der Waals surface area contributed by atoms with E-state index in [0.29, 0.717) is 11.0 Å². The van der Waals surface area contributed by atoms with Crippen molar-refractivity contribution in [2.75, 3.05) is 12.0 Å². The number of methoxy groups -OCH3 is 1. The predicted molar refractivity (Wildman–Crippen MR) is 102 cm³/mol. The molecule has 2 aromatic carbocycles. The molecule has 1 heterocycles. The zero-order valence-electron chi connectivity index (χ0n) is 15.8. The highest BCUT2D eigenvalue weighted by molar-refractivity contribution is 6.32. The summed E-state index contributed by atoms with van der Waals surface area (Å²) in [6.45, 7) is 0. The molecule has 1 N–H and O–H groups in total. The van der Waals surface area contributed by atoms with Crippen molar-refractivity contribution in [3.63, 3.8) is 0 Å². The minimum absolute atomic E-state index is 0.0655. The molecule has 0 bridgehead atoms. The van der Waals surface area contributed by atoms with Crippen LogP contribution in [0.4, 0.5) is 29.3 Å². The van der Waals surface area contributed by atoms with E-state index in [-0.39, 0.29) is 16.9 Å². The molecule has 3 rings (SSSR count). The van der Waals surface area contributed by atoms with E-state index >= 15 is 0 Å². The summed E-state index contributed by atoms with van der Waals surface area (Å²) in [7, 11) is 1.17. The van der Waals surface area contributed by atoms with Gasteiger partial charge in [-0.3, -0.25) is 19.9 Å². The van der Waals surface area contributed by atoms with Crippen molar-refractivity contribution in [3.8, 4) is 0 Å². The SMILES string of the molecule is COC(=O)c1ccccc1N=C[C@H]1C(=O)NC(=O)N(c2cccc(C(F)(F)F)c2)C1=O. The number of rotatable bonds is 4. The first kappa shape index (κ1) is 21.7. The van der Waals surface area contributed by atoms with Crippen molar-refractivity contribution in [3.05, 3.63) is 59.7 Å². The van der Waals surface area contributed by atoms with E-state index in [4.69, 9.17) is 0 Å². The molecule has 0 unspecified atom stereocenters. The molecule has 0 radical (unpaired) electrons. The molecule has 8 nitrogen and oxygen atoms in total. The second kappa shape index (κ2) is 8.38. The van der Waals surface area contributed by atoms with Crippen molar-refractivity contribution >= 4 is 41.4 Å². The number of hydrogen-bond donors (Lipinski definition) is 1. The van der Waals surface area contributed by atoms with Crippen LogP contribution < -0.4 is 10.2 Å². The van der Waals surface area contributed by atoms with Gasteiger partial charge in [-0.05, 0) is 30.3 Å². The predicted octanol–water partition coefficient (Wildman–Crippen LogP) is 3.09. The Morgan fingerprint density at radius 2 is 1.84 bits per heavy atom. The van der Waals surface area contributed by atoms with Gasteiger partial charge in [0, 0.05) is 6.21 Å². The van der Waals surface area contributed by atoms with Crippen LogP contribution in [0.15, 0.2) is 53.5 Å². The van der Waals surface area contributed by atoms with Gasteiger partial charge in [0.2, 0.25) is 5.91 Å². The number of barbiturate groups is 1. The third-order valence-corrected chi connectivity index (χ3v) is 4.31. The summed E-state index contributed by atoms with van der Waals surface area (Å²) < 4.78 is 43.6. The van der Waals surface area contributed by atoms with Gasteiger partial charge in [0.05, 0.1) is 29.6 Å². The molecule has 0 aromatic heterocycles. The summed E-state index contributed by atoms with van der Waals surface area (Å²) in [6, 6.07) is 8.34. The zero-order chi connectivity index (χ0) is 22.8. The Bertz CT molecular complexity index is 1100. The Kier molecular flexibility index (Phi) is 5.86. The number of carbonyl (C=O) groups is 4. The first-order valence-electron chi connectivity index (χ1n) is 8.71. The lowest BCUT2D eigenvalue weighted by atomic mass is 10.0. The van der Waals surface area contributed by atoms with E-state index in [1.54, 1.807) is 12.1 Å². The number of aliphatic imine (C=N–C) groups is 1. The molecule has 0 saturated carbocycles. The summed E-state index contributed by atoms with van der Waals surface area (Å²) >= 11 is 0. The van der Waals surface area contributed by atoms with E-state index in [9.17, 15) is 32.3 Å². The summed E-state index contributed by atoms with van der Waals surface area (Å²) in [5.41, 5.74) is -1.27. The fourth-order valence-electron chi connectivity index (χ4n) is 2.81. The number of nitrogens with one attached hydrogen (secondary N) is 1. The van der Waals surface area contributed by atoms with E-state index in [2.05, 4.69) is 9.73 Å². The smallest absolute Gasteiger partial charge is 0.416 e. The average molecular weight is 433 g/mol. The summed E-state index contributed by atoms with van der Waals surface area (Å²) in [5.74, 6) is -4.41. The number of para-hydroxylation sites is 1. The number of alkyl halides is 3. The van der Waals surface area contributed by atoms with Crippen LogP contribution in [0.25, 0.3) is 0 Å². The first-order valence-corrected chi connectivity index (χ1v) is 8.71. The standard InChI is InChI=1S/C20H14F3N3O5/c1-31-18(29)13-7-2-3-8-15(13)24-10-14-16(27)25-19(30)26(17(14)28)12-6-4-5-11(9-12)20(21,22)23/h2-10,14H,1H3,(H,25,27,30)/t14-/m0/s1. The Balaban J connectivity index is 1.94. The molecule has 1 aliphatic rings. The fraction of sp³-hybridized carbons (Fsp3) is 0.150. The molecule has 2 aromatic rings. The summed E-state index contributed by atoms with van der Waals surface area (Å²) in [6.07, 6.45) is -3.79. The maximum Gasteiger partial charge on any atom is 0.416 e. The van der Waals surface area contributed by atoms with Crippen LogP contribution in [0.5, 0.6) is 0 Å². The molecule has 1 fully saturated rings. The van der Waals surface area contributed by atoms with Crippen molar-refractivity contribution in [1.82, 2.24) is 5.32 Å². The second-order valence-electron chi connectivity index (χ2n) is 6.28. The van der Waals surface area contributed by atoms with Crippen LogP contribution in [0.1, 0.15) is 15.9 Å². The molecule has 0 spiro atoms. The third-order valence-electron chi connectivity index (χ3n) is 4.31. The molecular weight excluding hydrogens is 419 g/mol. The molecule has 1 saturated heterocycles. The number of anilines is 1. The molecule has 1 atom stereocenters. The minimum atomic E-state index is -4.69. The quantitative estimate of drug-likeness (QED) is 0.453. The number of amides is 4. The number of imide groups is 2. The van der Waals surface area contributed by atoms with Crippen LogP contribution in [0.3, 0.4) is 0 Å². The van der Waals surface area contributed by atoms with E-state index < -0.39 is 41.5 Å². The fourth-order valence-corrected chi connectivity index (χ4v) is 2.81. The number of ether oxygens (including phenoxy) is 1. The summed E-state index contributed by atoms with van der Waals surface area (Å²) in [5, 5.41) is 1.91. The van der Waals surface area contributed by atoms with Gasteiger partial charge in [0.25, 0.3) is 5.91 Å². The maximum atomic E-state index is 13.0. The van der Waals surface area contributed by atoms with Crippen LogP contribution >= 0.6 is 0 Å². The summed E-state index contributed by atoms with van der Waals surface area (Å²) in [4.78, 5) is 53.4. The number of hydrogen-bond acceptors (Lipinski definition) is 6. The van der Waals surface area contributed by atoms with Crippen LogP contribution in [-0.2, 0) is 20.5 Å². The first-order chi connectivity index (χ1) is 14.6. The van der Waals surface area contributed by atoms with Gasteiger partial charge in [0.1, 0.15) is 0 Å². The van der Waals surface area contributed by atoms with Crippen molar-refractivity contribution < 1.29 is 37.1 Å². The lowest BCUT2D eigenvalue weighted by Gasteiger charge is -2.28. The highest BCUT2D eigenvalue weighted by Gasteiger charge is 2.41. The van der Waals surface area contributed by atoms with Crippen LogP contribution in [0, 0.1) is 5.92 Å². The molecule has 1 aliphatic heterocycles. The van der Waals surface area contributed by atoms with Gasteiger partial charge >= 0.3 is 18.2 Å². The largest absolute Gasteiger partial charge is 0.465 e. The van der Waals surface area contributed by atoms with E-state index in [0.717, 1.165) is 24.4 Å². The van der Waals surface area contributed by atoms with E-state index in [1.165, 1.54) is 19.2 Å². The Morgan fingerprint density at radius 1 is 1.13 bits per heavy atom. The van der Waals surface area contributed by atoms with Crippen molar-refractivity contribution in [2.24, 2.45) is 10.9 Å². The van der Waals surface area contributed by atoms with Crippen LogP contribution in [0.2, 0.25) is 0 Å². The third kappa shape index (κ3) is 4.44. The van der Waals surface area contributed by atoms with Gasteiger partial charge < -0.3 is 4.74 Å². The Morgan fingerprint density at radius 3 is 2.52 bits per heavy atom. The van der Waals surface area contributed by atoms with Crippen molar-refractivity contribution in [2.45, 2.75) is 6.18 Å². The molecular formula is C20H14F3N3O5. The normalized spacial score (nSPS) is 17.1. The van der Waals surface area contributed by atoms with Crippen molar-refractivity contribution in [1.29, 1.82) is 0 Å². The van der Waals surface area contributed by atoms with Gasteiger partial charge in [-0.2, -0.15) is 13.2 Å². The Hall–Kier alpha value is -4.02. The molecule has 160 valence electrons. The highest BCUT2D eigenvalue weighted by atomic mass is 19.4. The second-order valence-corrected chi connectivity index (χ2v) is 6.28. The molecule has 31 heavy (non-hydrogen) atoms. The number of nitrogens with zero attached hydrogens (tertiary/aromatic N) is 2. The number of carbonyl (C=O) groups excluding carboxylic acids is 4. The number of urea groups is 1. The van der Waals surface area contributed by atoms with Gasteiger partial charge in [-0.25, -0.2) is 14.5 Å². The molecule has 11 heteroatoms. The number of halogens is 3. The monoisotopic (exact) mass is 433 g/mol. The number of benzene rings is 2. The molecule has 4 amide bonds.